The zero-order valence-corrected chi connectivity index (χ0v) is 16.8. The van der Waals surface area contributed by atoms with E-state index in [9.17, 15) is 35.6 Å². The summed E-state index contributed by atoms with van der Waals surface area (Å²) in [5.41, 5.74) is -0.625. The molecule has 0 aliphatic heterocycles. The van der Waals surface area contributed by atoms with Crippen LogP contribution in [-0.2, 0) is 19.6 Å². The number of benzene rings is 2. The van der Waals surface area contributed by atoms with Crippen molar-refractivity contribution < 1.29 is 45.0 Å². The molecule has 1 amide bonds. The van der Waals surface area contributed by atoms with E-state index in [1.807, 2.05) is 4.72 Å². The highest BCUT2D eigenvalue weighted by atomic mass is 32.2. The minimum absolute atomic E-state index is 0.0794. The van der Waals surface area contributed by atoms with Crippen LogP contribution in [0.5, 0.6) is 5.75 Å². The third-order valence-corrected chi connectivity index (χ3v) is 5.16. The monoisotopic (exact) mass is 464 g/mol. The number of sulfonamides is 1. The lowest BCUT2D eigenvalue weighted by molar-refractivity contribution is -0.274. The van der Waals surface area contributed by atoms with Gasteiger partial charge < -0.3 is 14.8 Å². The van der Waals surface area contributed by atoms with Gasteiger partial charge in [-0.15, -0.1) is 13.2 Å². The minimum atomic E-state index is -4.87. The first-order valence-electron chi connectivity index (χ1n) is 8.43. The predicted octanol–water partition coefficient (Wildman–Crippen LogP) is 2.82. The molecule has 13 heteroatoms. The van der Waals surface area contributed by atoms with Crippen molar-refractivity contribution >= 4 is 27.6 Å². The molecule has 0 fully saturated rings. The Bertz CT molecular complexity index is 1070. The van der Waals surface area contributed by atoms with E-state index in [2.05, 4.69) is 10.1 Å². The zero-order chi connectivity index (χ0) is 23.4. The largest absolute Gasteiger partial charge is 0.573 e. The summed E-state index contributed by atoms with van der Waals surface area (Å²) in [5.74, 6) is -3.72. The SMILES string of the molecule is CNS(=O)(=O)c1ccc(F)c(C(=O)OC(C)C(=O)Nc2ccc(OC(F)(F)F)cc2)c1. The quantitative estimate of drug-likeness (QED) is 0.482. The van der Waals surface area contributed by atoms with Crippen molar-refractivity contribution in [1.82, 2.24) is 4.72 Å². The van der Waals surface area contributed by atoms with E-state index in [4.69, 9.17) is 4.74 Å². The zero-order valence-electron chi connectivity index (χ0n) is 16.0. The number of hydrogen-bond acceptors (Lipinski definition) is 6. The average Bonchev–Trinajstić information content (AvgIpc) is 2.68. The lowest BCUT2D eigenvalue weighted by Gasteiger charge is -2.15. The Labute approximate surface area is 174 Å². The first-order valence-corrected chi connectivity index (χ1v) is 9.91. The molecule has 2 aromatic carbocycles. The molecular weight excluding hydrogens is 448 g/mol. The molecule has 8 nitrogen and oxygen atoms in total. The molecular formula is C18H16F4N2O6S. The van der Waals surface area contributed by atoms with Gasteiger partial charge in [0, 0.05) is 5.69 Å². The number of carbonyl (C=O) groups excluding carboxylic acids is 2. The molecule has 0 saturated heterocycles. The van der Waals surface area contributed by atoms with Crippen LogP contribution in [0.1, 0.15) is 17.3 Å². The van der Waals surface area contributed by atoms with Gasteiger partial charge in [-0.3, -0.25) is 4.79 Å². The molecule has 0 bridgehead atoms. The molecule has 168 valence electrons. The number of rotatable bonds is 7. The number of esters is 1. The summed E-state index contributed by atoms with van der Waals surface area (Å²) in [5, 5.41) is 2.30. The number of amides is 1. The van der Waals surface area contributed by atoms with Crippen LogP contribution < -0.4 is 14.8 Å². The third kappa shape index (κ3) is 6.65. The number of ether oxygens (including phenoxy) is 2. The Balaban J connectivity index is 2.06. The van der Waals surface area contributed by atoms with Crippen molar-refractivity contribution in [2.24, 2.45) is 0 Å². The van der Waals surface area contributed by atoms with Gasteiger partial charge in [-0.05, 0) is 56.4 Å². The van der Waals surface area contributed by atoms with Crippen molar-refractivity contribution in [2.45, 2.75) is 24.3 Å². The van der Waals surface area contributed by atoms with Crippen molar-refractivity contribution in [3.05, 3.63) is 53.8 Å². The van der Waals surface area contributed by atoms with Crippen LogP contribution in [0.25, 0.3) is 0 Å². The van der Waals surface area contributed by atoms with E-state index in [1.54, 1.807) is 0 Å². The lowest BCUT2D eigenvalue weighted by atomic mass is 10.2. The summed E-state index contributed by atoms with van der Waals surface area (Å²) in [6.07, 6.45) is -6.31. The number of nitrogens with one attached hydrogen (secondary N) is 2. The summed E-state index contributed by atoms with van der Waals surface area (Å²) < 4.78 is 84.6. The Morgan fingerprint density at radius 2 is 1.68 bits per heavy atom. The van der Waals surface area contributed by atoms with Crippen molar-refractivity contribution in [3.63, 3.8) is 0 Å². The Morgan fingerprint density at radius 1 is 1.06 bits per heavy atom. The summed E-state index contributed by atoms with van der Waals surface area (Å²) in [4.78, 5) is 24.0. The smallest absolute Gasteiger partial charge is 0.449 e. The van der Waals surface area contributed by atoms with Gasteiger partial charge in [-0.2, -0.15) is 0 Å². The second-order valence-corrected chi connectivity index (χ2v) is 7.84. The Kier molecular flexibility index (Phi) is 7.23. The Morgan fingerprint density at radius 3 is 2.23 bits per heavy atom. The van der Waals surface area contributed by atoms with Gasteiger partial charge in [0.2, 0.25) is 10.0 Å². The molecule has 0 radical (unpaired) electrons. The maximum Gasteiger partial charge on any atom is 0.573 e. The maximum absolute atomic E-state index is 14.0. The predicted molar refractivity (Wildman–Crippen MR) is 99.3 cm³/mol. The van der Waals surface area contributed by atoms with E-state index < -0.39 is 51.5 Å². The molecule has 0 aliphatic carbocycles. The van der Waals surface area contributed by atoms with Crippen molar-refractivity contribution in [1.29, 1.82) is 0 Å². The summed E-state index contributed by atoms with van der Waals surface area (Å²) >= 11 is 0. The second-order valence-electron chi connectivity index (χ2n) is 5.96. The summed E-state index contributed by atoms with van der Waals surface area (Å²) in [7, 11) is -2.83. The molecule has 2 N–H and O–H groups in total. The van der Waals surface area contributed by atoms with Crippen LogP contribution in [0.4, 0.5) is 23.2 Å². The highest BCUT2D eigenvalue weighted by Crippen LogP contribution is 2.24. The van der Waals surface area contributed by atoms with Crippen molar-refractivity contribution in [3.8, 4) is 5.75 Å². The molecule has 0 saturated carbocycles. The Hall–Kier alpha value is -3.19. The van der Waals surface area contributed by atoms with E-state index in [0.29, 0.717) is 0 Å². The van der Waals surface area contributed by atoms with Gasteiger partial charge in [-0.1, -0.05) is 0 Å². The van der Waals surface area contributed by atoms with Crippen LogP contribution in [0.2, 0.25) is 0 Å². The van der Waals surface area contributed by atoms with E-state index >= 15 is 0 Å². The standard InChI is InChI=1S/C18H16F4N2O6S/c1-10(16(25)24-11-3-5-12(6-4-11)30-18(20,21)22)29-17(26)14-9-13(7-8-15(14)19)31(27,28)23-2/h3-10,23H,1-2H3,(H,24,25). The van der Waals surface area contributed by atoms with Crippen LogP contribution in [-0.4, -0.2) is 39.8 Å². The van der Waals surface area contributed by atoms with Crippen LogP contribution in [0, 0.1) is 5.82 Å². The molecule has 0 aromatic heterocycles. The normalized spacial score (nSPS) is 12.7. The van der Waals surface area contributed by atoms with Gasteiger partial charge in [0.05, 0.1) is 10.5 Å². The molecule has 0 spiro atoms. The van der Waals surface area contributed by atoms with E-state index in [0.717, 1.165) is 49.5 Å². The fraction of sp³-hybridized carbons (Fsp3) is 0.222. The molecule has 31 heavy (non-hydrogen) atoms. The molecule has 1 atom stereocenters. The number of anilines is 1. The topological polar surface area (TPSA) is 111 Å². The number of alkyl halides is 3. The number of carbonyl (C=O) groups is 2. The van der Waals surface area contributed by atoms with Gasteiger partial charge in [-0.25, -0.2) is 22.3 Å². The van der Waals surface area contributed by atoms with Crippen molar-refractivity contribution in [2.75, 3.05) is 12.4 Å². The third-order valence-electron chi connectivity index (χ3n) is 3.75. The van der Waals surface area contributed by atoms with Crippen LogP contribution >= 0.6 is 0 Å². The van der Waals surface area contributed by atoms with Gasteiger partial charge in [0.25, 0.3) is 5.91 Å². The van der Waals surface area contributed by atoms with Gasteiger partial charge >= 0.3 is 12.3 Å². The first-order chi connectivity index (χ1) is 14.3. The molecule has 0 aliphatic rings. The highest BCUT2D eigenvalue weighted by molar-refractivity contribution is 7.89. The average molecular weight is 464 g/mol. The fourth-order valence-corrected chi connectivity index (χ4v) is 2.96. The van der Waals surface area contributed by atoms with Crippen LogP contribution in [0.3, 0.4) is 0 Å². The summed E-state index contributed by atoms with van der Waals surface area (Å²) in [6, 6.07) is 6.63. The summed E-state index contributed by atoms with van der Waals surface area (Å²) in [6.45, 7) is 1.17. The lowest BCUT2D eigenvalue weighted by Crippen LogP contribution is -2.30. The van der Waals surface area contributed by atoms with Gasteiger partial charge in [0.1, 0.15) is 11.6 Å². The van der Waals surface area contributed by atoms with E-state index in [-0.39, 0.29) is 10.6 Å². The number of hydrogen-bond donors (Lipinski definition) is 2. The molecule has 2 aromatic rings. The van der Waals surface area contributed by atoms with Gasteiger partial charge in [0.15, 0.2) is 6.10 Å². The fourth-order valence-electron chi connectivity index (χ4n) is 2.21. The molecule has 1 unspecified atom stereocenters. The first kappa shape index (κ1) is 24.1. The maximum atomic E-state index is 14.0. The van der Waals surface area contributed by atoms with E-state index in [1.165, 1.54) is 6.92 Å². The van der Waals surface area contributed by atoms with Crippen LogP contribution in [0.15, 0.2) is 47.4 Å². The minimum Gasteiger partial charge on any atom is -0.449 e. The number of halogens is 4. The molecule has 2 rings (SSSR count). The highest BCUT2D eigenvalue weighted by Gasteiger charge is 2.31. The second kappa shape index (κ2) is 9.31. The molecule has 0 heterocycles.